The van der Waals surface area contributed by atoms with Crippen LogP contribution in [0.25, 0.3) is 0 Å². The van der Waals surface area contributed by atoms with E-state index in [2.05, 4.69) is 47.8 Å². The first-order chi connectivity index (χ1) is 6.92. The van der Waals surface area contributed by atoms with Gasteiger partial charge in [0.1, 0.15) is 0 Å². The van der Waals surface area contributed by atoms with Crippen LogP contribution >= 0.6 is 0 Å². The average Bonchev–Trinajstić information content (AvgIpc) is 2.74. The van der Waals surface area contributed by atoms with E-state index >= 15 is 0 Å². The van der Waals surface area contributed by atoms with Gasteiger partial charge in [-0.1, -0.05) is 36.4 Å². The highest BCUT2D eigenvalue weighted by Crippen LogP contribution is 2.18. The molecule has 1 heteroatoms. The van der Waals surface area contributed by atoms with E-state index in [-0.39, 0.29) is 6.04 Å². The van der Waals surface area contributed by atoms with Crippen molar-refractivity contribution in [2.24, 2.45) is 0 Å². The fraction of sp³-hybridized carbons (Fsp3) is 0.0769. The molecule has 70 valence electrons. The highest BCUT2D eigenvalue weighted by atomic mass is 15.0. The fourth-order valence-electron chi connectivity index (χ4n) is 1.61. The molecule has 0 bridgehead atoms. The Hall–Kier alpha value is -1.76. The Morgan fingerprint density at radius 3 is 2.21 bits per heavy atom. The van der Waals surface area contributed by atoms with E-state index in [1.807, 2.05) is 24.3 Å². The van der Waals surface area contributed by atoms with Crippen LogP contribution in [0, 0.1) is 0 Å². The van der Waals surface area contributed by atoms with Gasteiger partial charge < -0.3 is 4.57 Å². The maximum absolute atomic E-state index is 3.87. The van der Waals surface area contributed by atoms with Gasteiger partial charge in [-0.15, -0.1) is 6.58 Å². The zero-order valence-corrected chi connectivity index (χ0v) is 8.01. The van der Waals surface area contributed by atoms with Crippen molar-refractivity contribution in [3.8, 4) is 0 Å². The first-order valence-corrected chi connectivity index (χ1v) is 4.72. The summed E-state index contributed by atoms with van der Waals surface area (Å²) in [5, 5.41) is 0. The quantitative estimate of drug-likeness (QED) is 0.644. The number of nitrogens with zero attached hydrogens (tertiary/aromatic N) is 1. The molecule has 0 spiro atoms. The molecule has 1 unspecified atom stereocenters. The number of rotatable bonds is 3. The monoisotopic (exact) mass is 183 g/mol. The number of benzene rings is 1. The van der Waals surface area contributed by atoms with Gasteiger partial charge in [0.15, 0.2) is 0 Å². The van der Waals surface area contributed by atoms with Crippen molar-refractivity contribution in [1.29, 1.82) is 0 Å². The van der Waals surface area contributed by atoms with Crippen LogP contribution in [-0.2, 0) is 0 Å². The van der Waals surface area contributed by atoms with E-state index in [0.29, 0.717) is 0 Å². The Morgan fingerprint density at radius 1 is 1.00 bits per heavy atom. The topological polar surface area (TPSA) is 4.93 Å². The van der Waals surface area contributed by atoms with Gasteiger partial charge in [-0.05, 0) is 17.7 Å². The molecule has 0 radical (unpaired) electrons. The maximum atomic E-state index is 3.87. The van der Waals surface area contributed by atoms with Crippen molar-refractivity contribution >= 4 is 0 Å². The molecule has 0 fully saturated rings. The lowest BCUT2D eigenvalue weighted by Crippen LogP contribution is -2.04. The van der Waals surface area contributed by atoms with Crippen molar-refractivity contribution in [2.75, 3.05) is 0 Å². The van der Waals surface area contributed by atoms with Gasteiger partial charge in [-0.25, -0.2) is 0 Å². The second kappa shape index (κ2) is 3.97. The summed E-state index contributed by atoms with van der Waals surface area (Å²) in [4.78, 5) is 0. The number of allylic oxidation sites excluding steroid dienone is 1. The Balaban J connectivity index is 2.36. The first kappa shape index (κ1) is 8.82. The summed E-state index contributed by atoms with van der Waals surface area (Å²) in [6.45, 7) is 3.87. The van der Waals surface area contributed by atoms with Gasteiger partial charge in [-0.2, -0.15) is 0 Å². The number of hydrogen-bond donors (Lipinski definition) is 0. The number of aromatic nitrogens is 1. The first-order valence-electron chi connectivity index (χ1n) is 4.72. The Morgan fingerprint density at radius 2 is 1.64 bits per heavy atom. The lowest BCUT2D eigenvalue weighted by Gasteiger charge is -2.14. The minimum Gasteiger partial charge on any atom is -0.343 e. The normalized spacial score (nSPS) is 12.3. The van der Waals surface area contributed by atoms with Crippen LogP contribution in [0.15, 0.2) is 67.5 Å². The van der Waals surface area contributed by atoms with Gasteiger partial charge in [0.2, 0.25) is 0 Å². The Labute approximate surface area is 84.3 Å². The number of hydrogen-bond acceptors (Lipinski definition) is 0. The predicted octanol–water partition coefficient (Wildman–Crippen LogP) is 3.26. The molecule has 0 aliphatic rings. The SMILES string of the molecule is C=CC(c1ccccc1)n1cccc1. The molecular formula is C13H13N. The van der Waals surface area contributed by atoms with Crippen molar-refractivity contribution in [3.63, 3.8) is 0 Å². The van der Waals surface area contributed by atoms with Gasteiger partial charge >= 0.3 is 0 Å². The molecule has 1 heterocycles. The van der Waals surface area contributed by atoms with Crippen LogP contribution in [0.3, 0.4) is 0 Å². The molecule has 0 aliphatic carbocycles. The summed E-state index contributed by atoms with van der Waals surface area (Å²) in [7, 11) is 0. The molecule has 1 atom stereocenters. The summed E-state index contributed by atoms with van der Waals surface area (Å²) in [6.07, 6.45) is 6.06. The van der Waals surface area contributed by atoms with Crippen molar-refractivity contribution in [1.82, 2.24) is 4.57 Å². The standard InChI is InChI=1S/C13H13N/c1-2-13(14-10-6-7-11-14)12-8-4-3-5-9-12/h2-11,13H,1H2. The van der Waals surface area contributed by atoms with E-state index in [9.17, 15) is 0 Å². The smallest absolute Gasteiger partial charge is 0.0761 e. The summed E-state index contributed by atoms with van der Waals surface area (Å²) >= 11 is 0. The summed E-state index contributed by atoms with van der Waals surface area (Å²) < 4.78 is 2.14. The van der Waals surface area contributed by atoms with E-state index in [4.69, 9.17) is 0 Å². The maximum Gasteiger partial charge on any atom is 0.0761 e. The third-order valence-electron chi connectivity index (χ3n) is 2.31. The third kappa shape index (κ3) is 1.62. The fourth-order valence-corrected chi connectivity index (χ4v) is 1.61. The molecule has 0 amide bonds. The van der Waals surface area contributed by atoms with E-state index in [1.54, 1.807) is 0 Å². The molecule has 1 aromatic carbocycles. The molecule has 1 aromatic heterocycles. The minimum atomic E-state index is 0.242. The van der Waals surface area contributed by atoms with Gasteiger partial charge in [0.05, 0.1) is 6.04 Å². The Bertz CT molecular complexity index is 386. The lowest BCUT2D eigenvalue weighted by atomic mass is 10.1. The van der Waals surface area contributed by atoms with Crippen LogP contribution in [0.5, 0.6) is 0 Å². The summed E-state index contributed by atoms with van der Waals surface area (Å²) in [5.41, 5.74) is 1.26. The van der Waals surface area contributed by atoms with Crippen LogP contribution in [0.2, 0.25) is 0 Å². The van der Waals surface area contributed by atoms with Crippen LogP contribution in [-0.4, -0.2) is 4.57 Å². The molecule has 2 aromatic rings. The van der Waals surface area contributed by atoms with E-state index in [1.165, 1.54) is 5.56 Å². The lowest BCUT2D eigenvalue weighted by molar-refractivity contribution is 0.706. The largest absolute Gasteiger partial charge is 0.343 e. The minimum absolute atomic E-state index is 0.242. The molecule has 14 heavy (non-hydrogen) atoms. The average molecular weight is 183 g/mol. The van der Waals surface area contributed by atoms with Gasteiger partial charge in [-0.3, -0.25) is 0 Å². The Kier molecular flexibility index (Phi) is 2.50. The summed E-state index contributed by atoms with van der Waals surface area (Å²) in [6, 6.07) is 14.7. The summed E-state index contributed by atoms with van der Waals surface area (Å²) in [5.74, 6) is 0. The molecule has 0 saturated carbocycles. The molecule has 2 rings (SSSR count). The van der Waals surface area contributed by atoms with Gasteiger partial charge in [0.25, 0.3) is 0 Å². The highest BCUT2D eigenvalue weighted by molar-refractivity contribution is 5.24. The molecule has 1 nitrogen and oxygen atoms in total. The predicted molar refractivity (Wildman–Crippen MR) is 59.2 cm³/mol. The van der Waals surface area contributed by atoms with Crippen LogP contribution in [0.4, 0.5) is 0 Å². The molecule has 0 aliphatic heterocycles. The zero-order valence-electron chi connectivity index (χ0n) is 8.01. The van der Waals surface area contributed by atoms with Gasteiger partial charge in [0, 0.05) is 12.4 Å². The molecular weight excluding hydrogens is 170 g/mol. The highest BCUT2D eigenvalue weighted by Gasteiger charge is 2.06. The van der Waals surface area contributed by atoms with E-state index < -0.39 is 0 Å². The van der Waals surface area contributed by atoms with Crippen LogP contribution in [0.1, 0.15) is 11.6 Å². The van der Waals surface area contributed by atoms with Crippen molar-refractivity contribution in [3.05, 3.63) is 73.1 Å². The molecule has 0 N–H and O–H groups in total. The van der Waals surface area contributed by atoms with Crippen LogP contribution < -0.4 is 0 Å². The molecule has 0 saturated heterocycles. The second-order valence-electron chi connectivity index (χ2n) is 3.22. The third-order valence-corrected chi connectivity index (χ3v) is 2.31. The van der Waals surface area contributed by atoms with Crippen molar-refractivity contribution in [2.45, 2.75) is 6.04 Å². The van der Waals surface area contributed by atoms with E-state index in [0.717, 1.165) is 0 Å². The zero-order chi connectivity index (χ0) is 9.80. The van der Waals surface area contributed by atoms with Crippen molar-refractivity contribution < 1.29 is 0 Å². The second-order valence-corrected chi connectivity index (χ2v) is 3.22.